The second-order valence-corrected chi connectivity index (χ2v) is 9.65. The molecule has 6 nitrogen and oxygen atoms in total. The van der Waals surface area contributed by atoms with Crippen molar-refractivity contribution in [3.63, 3.8) is 0 Å². The molecule has 0 radical (unpaired) electrons. The number of hydrogen-bond donors (Lipinski definition) is 0. The maximum absolute atomic E-state index is 13.7. The van der Waals surface area contributed by atoms with E-state index in [-0.39, 0.29) is 29.6 Å². The third kappa shape index (κ3) is 5.62. The number of methoxy groups -OCH3 is 1. The van der Waals surface area contributed by atoms with Crippen molar-refractivity contribution < 1.29 is 22.3 Å². The van der Waals surface area contributed by atoms with Crippen LogP contribution in [0.25, 0.3) is 0 Å². The lowest BCUT2D eigenvalue weighted by Gasteiger charge is -2.33. The monoisotopic (exact) mass is 448 g/mol. The summed E-state index contributed by atoms with van der Waals surface area (Å²) in [6.07, 6.45) is 2.76. The molecule has 31 heavy (non-hydrogen) atoms. The predicted molar refractivity (Wildman–Crippen MR) is 117 cm³/mol. The zero-order valence-corrected chi connectivity index (χ0v) is 18.8. The van der Waals surface area contributed by atoms with Crippen molar-refractivity contribution in [1.29, 1.82) is 0 Å². The summed E-state index contributed by atoms with van der Waals surface area (Å²) in [5.41, 5.74) is 1.29. The normalized spacial score (nSPS) is 15.3. The molecule has 1 fully saturated rings. The number of hydrogen-bond acceptors (Lipinski definition) is 4. The van der Waals surface area contributed by atoms with E-state index in [1.165, 1.54) is 18.7 Å². The van der Waals surface area contributed by atoms with Gasteiger partial charge in [-0.3, -0.25) is 4.79 Å². The van der Waals surface area contributed by atoms with E-state index in [1.807, 2.05) is 18.2 Å². The number of carbonyl (C=O) groups excluding carboxylic acids is 1. The summed E-state index contributed by atoms with van der Waals surface area (Å²) in [5.74, 6) is -0.357. The summed E-state index contributed by atoms with van der Waals surface area (Å²) in [6.45, 7) is 2.69. The Morgan fingerprint density at radius 2 is 1.84 bits per heavy atom. The highest BCUT2D eigenvalue weighted by molar-refractivity contribution is 7.89. The van der Waals surface area contributed by atoms with E-state index < -0.39 is 15.8 Å². The first-order valence-corrected chi connectivity index (χ1v) is 11.9. The van der Waals surface area contributed by atoms with Gasteiger partial charge in [-0.25, -0.2) is 12.8 Å². The molecule has 1 saturated heterocycles. The van der Waals surface area contributed by atoms with E-state index in [2.05, 4.69) is 12.1 Å². The molecule has 0 saturated carbocycles. The van der Waals surface area contributed by atoms with Gasteiger partial charge in [-0.1, -0.05) is 37.3 Å². The summed E-state index contributed by atoms with van der Waals surface area (Å²) in [6, 6.07) is 13.6. The Morgan fingerprint density at radius 1 is 1.16 bits per heavy atom. The average Bonchev–Trinajstić information content (AvgIpc) is 2.78. The fraction of sp³-hybridized carbons (Fsp3) is 0.435. The number of carbonyl (C=O) groups is 1. The number of rotatable bonds is 8. The van der Waals surface area contributed by atoms with Crippen LogP contribution in [0.3, 0.4) is 0 Å². The molecule has 0 atom stereocenters. The van der Waals surface area contributed by atoms with Gasteiger partial charge in [0.1, 0.15) is 16.5 Å². The van der Waals surface area contributed by atoms with Crippen molar-refractivity contribution in [3.05, 3.63) is 59.9 Å². The van der Waals surface area contributed by atoms with Crippen molar-refractivity contribution in [3.8, 4) is 5.75 Å². The number of benzene rings is 2. The van der Waals surface area contributed by atoms with E-state index in [9.17, 15) is 17.6 Å². The van der Waals surface area contributed by atoms with Crippen molar-refractivity contribution in [2.45, 2.75) is 31.1 Å². The van der Waals surface area contributed by atoms with E-state index >= 15 is 0 Å². The molecule has 1 aliphatic heterocycles. The first-order valence-electron chi connectivity index (χ1n) is 10.5. The molecule has 2 aromatic rings. The molecule has 3 rings (SSSR count). The molecule has 1 heterocycles. The predicted octanol–water partition coefficient (Wildman–Crippen LogP) is 3.33. The minimum absolute atomic E-state index is 0.0500. The van der Waals surface area contributed by atoms with Gasteiger partial charge in [-0.15, -0.1) is 0 Å². The zero-order valence-electron chi connectivity index (χ0n) is 18.0. The highest BCUT2D eigenvalue weighted by Gasteiger charge is 2.31. The molecule has 8 heteroatoms. The summed E-state index contributed by atoms with van der Waals surface area (Å²) < 4.78 is 46.0. The number of nitrogens with zero attached hydrogens (tertiary/aromatic N) is 2. The molecule has 2 aromatic carbocycles. The van der Waals surface area contributed by atoms with Gasteiger partial charge in [-0.2, -0.15) is 4.31 Å². The van der Waals surface area contributed by atoms with Crippen LogP contribution in [0.2, 0.25) is 0 Å². The van der Waals surface area contributed by atoms with Crippen molar-refractivity contribution in [2.75, 3.05) is 33.3 Å². The van der Waals surface area contributed by atoms with Crippen LogP contribution in [-0.4, -0.2) is 56.8 Å². The Kier molecular flexibility index (Phi) is 7.67. The van der Waals surface area contributed by atoms with Crippen LogP contribution in [0.5, 0.6) is 5.75 Å². The molecule has 0 aromatic heterocycles. The first-order chi connectivity index (χ1) is 14.8. The van der Waals surface area contributed by atoms with Crippen molar-refractivity contribution in [1.82, 2.24) is 9.21 Å². The van der Waals surface area contributed by atoms with Crippen LogP contribution >= 0.6 is 0 Å². The number of amides is 1. The SMILES string of the molecule is CCN(CC(=O)N1CCC(Cc2ccccc2)CC1)S(=O)(=O)c1cc(F)ccc1OC. The standard InChI is InChI=1S/C23H29FN2O4S/c1-3-26(31(28,29)22-16-20(24)9-10-21(22)30-2)17-23(27)25-13-11-19(12-14-25)15-18-7-5-4-6-8-18/h4-10,16,19H,3,11-15,17H2,1-2H3. The van der Waals surface area contributed by atoms with Gasteiger partial charge in [-0.05, 0) is 48.9 Å². The average molecular weight is 449 g/mol. The lowest BCUT2D eigenvalue weighted by molar-refractivity contribution is -0.132. The van der Waals surface area contributed by atoms with Gasteiger partial charge in [0.2, 0.25) is 15.9 Å². The zero-order chi connectivity index (χ0) is 22.4. The Bertz CT molecular complexity index is 990. The number of halogens is 1. The number of ether oxygens (including phenoxy) is 1. The molecule has 0 spiro atoms. The third-order valence-corrected chi connectivity index (χ3v) is 7.68. The van der Waals surface area contributed by atoms with Gasteiger partial charge in [0.25, 0.3) is 0 Å². The van der Waals surface area contributed by atoms with E-state index in [0.29, 0.717) is 19.0 Å². The van der Waals surface area contributed by atoms with Gasteiger partial charge in [0, 0.05) is 19.6 Å². The van der Waals surface area contributed by atoms with Gasteiger partial charge in [0.05, 0.1) is 13.7 Å². The lowest BCUT2D eigenvalue weighted by Crippen LogP contribution is -2.46. The highest BCUT2D eigenvalue weighted by atomic mass is 32.2. The number of likely N-dealkylation sites (N-methyl/N-ethyl adjacent to an activating group) is 1. The second-order valence-electron chi connectivity index (χ2n) is 7.74. The molecular formula is C23H29FN2O4S. The Balaban J connectivity index is 1.63. The summed E-state index contributed by atoms with van der Waals surface area (Å²) in [4.78, 5) is 14.3. The van der Waals surface area contributed by atoms with Crippen LogP contribution in [0.4, 0.5) is 4.39 Å². The molecule has 0 bridgehead atoms. The van der Waals surface area contributed by atoms with Crippen LogP contribution in [0.1, 0.15) is 25.3 Å². The molecule has 0 aliphatic carbocycles. The molecule has 0 unspecified atom stereocenters. The molecule has 1 aliphatic rings. The quantitative estimate of drug-likeness (QED) is 0.621. The smallest absolute Gasteiger partial charge is 0.247 e. The van der Waals surface area contributed by atoms with E-state index in [1.54, 1.807) is 11.8 Å². The van der Waals surface area contributed by atoms with Crippen LogP contribution < -0.4 is 4.74 Å². The molecule has 0 N–H and O–H groups in total. The topological polar surface area (TPSA) is 66.9 Å². The minimum Gasteiger partial charge on any atom is -0.495 e. The minimum atomic E-state index is -4.08. The third-order valence-electron chi connectivity index (χ3n) is 5.74. The number of sulfonamides is 1. The lowest BCUT2D eigenvalue weighted by atomic mass is 9.90. The van der Waals surface area contributed by atoms with E-state index in [4.69, 9.17) is 4.74 Å². The largest absolute Gasteiger partial charge is 0.495 e. The summed E-state index contributed by atoms with van der Waals surface area (Å²) in [7, 11) is -2.75. The molecule has 168 valence electrons. The fourth-order valence-electron chi connectivity index (χ4n) is 3.94. The Hall–Kier alpha value is -2.45. The van der Waals surface area contributed by atoms with Gasteiger partial charge >= 0.3 is 0 Å². The molecular weight excluding hydrogens is 419 g/mol. The van der Waals surface area contributed by atoms with Crippen LogP contribution in [0.15, 0.2) is 53.4 Å². The maximum atomic E-state index is 13.7. The second kappa shape index (κ2) is 10.2. The molecule has 1 amide bonds. The summed E-state index contributed by atoms with van der Waals surface area (Å²) in [5, 5.41) is 0. The van der Waals surface area contributed by atoms with Gasteiger partial charge < -0.3 is 9.64 Å². The Labute approximate surface area is 183 Å². The fourth-order valence-corrected chi connectivity index (χ4v) is 5.51. The highest BCUT2D eigenvalue weighted by Crippen LogP contribution is 2.28. The van der Waals surface area contributed by atoms with Crippen molar-refractivity contribution >= 4 is 15.9 Å². The summed E-state index contributed by atoms with van der Waals surface area (Å²) >= 11 is 0. The van der Waals surface area contributed by atoms with Gasteiger partial charge in [0.15, 0.2) is 0 Å². The van der Waals surface area contributed by atoms with E-state index in [0.717, 1.165) is 35.7 Å². The number of likely N-dealkylation sites (tertiary alicyclic amines) is 1. The first kappa shape index (κ1) is 23.2. The maximum Gasteiger partial charge on any atom is 0.247 e. The van der Waals surface area contributed by atoms with Crippen LogP contribution in [-0.2, 0) is 21.2 Å². The Morgan fingerprint density at radius 3 is 2.45 bits per heavy atom. The van der Waals surface area contributed by atoms with Crippen LogP contribution in [0, 0.1) is 11.7 Å². The van der Waals surface area contributed by atoms with Crippen molar-refractivity contribution in [2.24, 2.45) is 5.92 Å². The number of piperidine rings is 1.